The third kappa shape index (κ3) is 3.97. The van der Waals surface area contributed by atoms with Gasteiger partial charge in [0.15, 0.2) is 0 Å². The van der Waals surface area contributed by atoms with Crippen LogP contribution in [-0.4, -0.2) is 19.6 Å². The molecule has 0 radical (unpaired) electrons. The molecule has 1 N–H and O–H groups in total. The fourth-order valence-corrected chi connectivity index (χ4v) is 2.94. The summed E-state index contributed by atoms with van der Waals surface area (Å²) in [6.45, 7) is 9.09. The largest absolute Gasteiger partial charge is 0.370 e. The van der Waals surface area contributed by atoms with Crippen LogP contribution in [0.1, 0.15) is 45.1 Å². The minimum Gasteiger partial charge on any atom is -0.370 e. The fraction of sp³-hybridized carbons (Fsp3) is 0.647. The Morgan fingerprint density at radius 1 is 1.26 bits per heavy atom. The first-order valence-electron chi connectivity index (χ1n) is 7.88. The van der Waals surface area contributed by atoms with Crippen LogP contribution in [0.5, 0.6) is 0 Å². The van der Waals surface area contributed by atoms with Gasteiger partial charge in [-0.1, -0.05) is 51.3 Å². The van der Waals surface area contributed by atoms with Crippen molar-refractivity contribution in [1.82, 2.24) is 5.32 Å². The Kier molecular flexibility index (Phi) is 5.71. The van der Waals surface area contributed by atoms with Gasteiger partial charge in [-0.25, -0.2) is 0 Å². The zero-order valence-corrected chi connectivity index (χ0v) is 12.5. The Morgan fingerprint density at radius 3 is 2.89 bits per heavy atom. The number of para-hydroxylation sites is 1. The molecule has 0 aromatic heterocycles. The molecule has 2 heteroatoms. The summed E-state index contributed by atoms with van der Waals surface area (Å²) < 4.78 is 0. The zero-order valence-electron chi connectivity index (χ0n) is 12.5. The van der Waals surface area contributed by atoms with Crippen LogP contribution in [0.2, 0.25) is 0 Å². The number of fused-ring (bicyclic) bond motifs is 1. The van der Waals surface area contributed by atoms with E-state index in [1.165, 1.54) is 43.5 Å². The molecule has 0 saturated heterocycles. The molecule has 0 amide bonds. The van der Waals surface area contributed by atoms with Gasteiger partial charge in [-0.3, -0.25) is 0 Å². The van der Waals surface area contributed by atoms with Crippen molar-refractivity contribution in [2.75, 3.05) is 24.5 Å². The van der Waals surface area contributed by atoms with E-state index in [9.17, 15) is 0 Å². The van der Waals surface area contributed by atoms with E-state index in [0.29, 0.717) is 0 Å². The number of hydrogen-bond donors (Lipinski definition) is 1. The maximum absolute atomic E-state index is 3.53. The number of benzene rings is 1. The van der Waals surface area contributed by atoms with Gasteiger partial charge < -0.3 is 10.2 Å². The molecule has 0 fully saturated rings. The number of hydrogen-bond acceptors (Lipinski definition) is 2. The van der Waals surface area contributed by atoms with Gasteiger partial charge in [0.05, 0.1) is 0 Å². The molecule has 2 nitrogen and oxygen atoms in total. The number of anilines is 1. The quantitative estimate of drug-likeness (QED) is 0.836. The van der Waals surface area contributed by atoms with Gasteiger partial charge in [-0.2, -0.15) is 0 Å². The summed E-state index contributed by atoms with van der Waals surface area (Å²) >= 11 is 0. The lowest BCUT2D eigenvalue weighted by Gasteiger charge is -2.29. The van der Waals surface area contributed by atoms with Gasteiger partial charge in [-0.15, -0.1) is 0 Å². The molecule has 0 bridgehead atoms. The first kappa shape index (κ1) is 14.4. The lowest BCUT2D eigenvalue weighted by molar-refractivity contribution is 0.446. The van der Waals surface area contributed by atoms with Crippen molar-refractivity contribution in [3.63, 3.8) is 0 Å². The molecule has 1 aliphatic heterocycles. The summed E-state index contributed by atoms with van der Waals surface area (Å²) in [7, 11) is 0. The Bertz CT molecular complexity index is 375. The average molecular weight is 260 g/mol. The minimum atomic E-state index is 0.839. The lowest BCUT2D eigenvalue weighted by Crippen LogP contribution is -2.33. The van der Waals surface area contributed by atoms with Gasteiger partial charge in [0, 0.05) is 31.9 Å². The Labute approximate surface area is 118 Å². The second-order valence-corrected chi connectivity index (χ2v) is 5.67. The summed E-state index contributed by atoms with van der Waals surface area (Å²) in [5, 5.41) is 3.53. The van der Waals surface area contributed by atoms with Crippen LogP contribution in [0, 0.1) is 5.92 Å². The predicted molar refractivity (Wildman–Crippen MR) is 83.7 cm³/mol. The van der Waals surface area contributed by atoms with Crippen molar-refractivity contribution in [2.24, 2.45) is 5.92 Å². The van der Waals surface area contributed by atoms with E-state index in [0.717, 1.165) is 25.6 Å². The van der Waals surface area contributed by atoms with Crippen molar-refractivity contribution in [3.05, 3.63) is 29.8 Å². The van der Waals surface area contributed by atoms with E-state index in [1.807, 2.05) is 0 Å². The smallest absolute Gasteiger partial charge is 0.0412 e. The molecular weight excluding hydrogens is 232 g/mol. The van der Waals surface area contributed by atoms with Gasteiger partial charge in [0.1, 0.15) is 0 Å². The summed E-state index contributed by atoms with van der Waals surface area (Å²) in [6, 6.07) is 8.87. The normalized spacial score (nSPS) is 16.8. The lowest BCUT2D eigenvalue weighted by atomic mass is 9.98. The molecule has 0 spiro atoms. The van der Waals surface area contributed by atoms with E-state index in [-0.39, 0.29) is 0 Å². The van der Waals surface area contributed by atoms with Crippen LogP contribution >= 0.6 is 0 Å². The molecule has 1 unspecified atom stereocenters. The molecule has 1 aromatic carbocycles. The maximum atomic E-state index is 3.53. The van der Waals surface area contributed by atoms with Crippen LogP contribution in [0.3, 0.4) is 0 Å². The van der Waals surface area contributed by atoms with Crippen LogP contribution in [0.15, 0.2) is 24.3 Å². The molecule has 19 heavy (non-hydrogen) atoms. The first-order chi connectivity index (χ1) is 9.35. The van der Waals surface area contributed by atoms with Crippen LogP contribution in [0.25, 0.3) is 0 Å². The van der Waals surface area contributed by atoms with Gasteiger partial charge in [0.25, 0.3) is 0 Å². The van der Waals surface area contributed by atoms with Crippen LogP contribution in [-0.2, 0) is 6.54 Å². The Balaban J connectivity index is 2.06. The SMILES string of the molecule is CCCCC(CC)CN1CCNCc2ccccc21. The highest BCUT2D eigenvalue weighted by Crippen LogP contribution is 2.25. The maximum Gasteiger partial charge on any atom is 0.0412 e. The summed E-state index contributed by atoms with van der Waals surface area (Å²) in [6.07, 6.45) is 5.35. The molecule has 1 heterocycles. The van der Waals surface area contributed by atoms with E-state index in [2.05, 4.69) is 48.3 Å². The summed E-state index contributed by atoms with van der Waals surface area (Å²) in [4.78, 5) is 2.60. The minimum absolute atomic E-state index is 0.839. The molecule has 1 atom stereocenters. The van der Waals surface area contributed by atoms with Gasteiger partial charge in [-0.05, 0) is 24.0 Å². The van der Waals surface area contributed by atoms with Crippen molar-refractivity contribution >= 4 is 5.69 Å². The van der Waals surface area contributed by atoms with Crippen molar-refractivity contribution in [2.45, 2.75) is 46.1 Å². The van der Waals surface area contributed by atoms with Crippen molar-refractivity contribution < 1.29 is 0 Å². The molecule has 106 valence electrons. The van der Waals surface area contributed by atoms with E-state index >= 15 is 0 Å². The topological polar surface area (TPSA) is 15.3 Å². The molecule has 2 rings (SSSR count). The van der Waals surface area contributed by atoms with E-state index in [1.54, 1.807) is 0 Å². The number of unbranched alkanes of at least 4 members (excludes halogenated alkanes) is 1. The summed E-state index contributed by atoms with van der Waals surface area (Å²) in [5.41, 5.74) is 2.90. The zero-order chi connectivity index (χ0) is 13.5. The predicted octanol–water partition coefficient (Wildman–Crippen LogP) is 3.81. The Hall–Kier alpha value is -1.02. The van der Waals surface area contributed by atoms with Gasteiger partial charge in [0.2, 0.25) is 0 Å². The van der Waals surface area contributed by atoms with E-state index in [4.69, 9.17) is 0 Å². The third-order valence-corrected chi connectivity index (χ3v) is 4.23. The second kappa shape index (κ2) is 7.54. The highest BCUT2D eigenvalue weighted by molar-refractivity contribution is 5.54. The van der Waals surface area contributed by atoms with Crippen molar-refractivity contribution in [1.29, 1.82) is 0 Å². The number of nitrogens with one attached hydrogen (secondary N) is 1. The highest BCUT2D eigenvalue weighted by atomic mass is 15.2. The number of rotatable bonds is 6. The molecule has 1 aromatic rings. The molecule has 0 saturated carbocycles. The van der Waals surface area contributed by atoms with E-state index < -0.39 is 0 Å². The molecule has 1 aliphatic rings. The average Bonchev–Trinajstić information content (AvgIpc) is 2.66. The highest BCUT2D eigenvalue weighted by Gasteiger charge is 2.17. The Morgan fingerprint density at radius 2 is 2.11 bits per heavy atom. The monoisotopic (exact) mass is 260 g/mol. The second-order valence-electron chi connectivity index (χ2n) is 5.67. The first-order valence-corrected chi connectivity index (χ1v) is 7.88. The van der Waals surface area contributed by atoms with Crippen LogP contribution in [0.4, 0.5) is 5.69 Å². The molecule has 0 aliphatic carbocycles. The standard InChI is InChI=1S/C17H28N2/c1-3-5-8-15(4-2)14-19-12-11-18-13-16-9-6-7-10-17(16)19/h6-7,9-10,15,18H,3-5,8,11-14H2,1-2H3. The van der Waals surface area contributed by atoms with Gasteiger partial charge >= 0.3 is 0 Å². The molecular formula is C17H28N2. The number of nitrogens with zero attached hydrogens (tertiary/aromatic N) is 1. The third-order valence-electron chi connectivity index (χ3n) is 4.23. The van der Waals surface area contributed by atoms with Crippen molar-refractivity contribution in [3.8, 4) is 0 Å². The fourth-order valence-electron chi connectivity index (χ4n) is 2.94. The van der Waals surface area contributed by atoms with Crippen LogP contribution < -0.4 is 10.2 Å². The summed E-state index contributed by atoms with van der Waals surface area (Å²) in [5.74, 6) is 0.839.